The third kappa shape index (κ3) is 2.44. The maximum Gasteiger partial charge on any atom is 0.318 e. The van der Waals surface area contributed by atoms with E-state index in [2.05, 4.69) is 26.0 Å². The van der Waals surface area contributed by atoms with Gasteiger partial charge in [-0.2, -0.15) is 4.98 Å². The van der Waals surface area contributed by atoms with E-state index >= 15 is 0 Å². The molecule has 2 bridgehead atoms. The van der Waals surface area contributed by atoms with Gasteiger partial charge in [-0.25, -0.2) is 9.37 Å². The largest absolute Gasteiger partial charge is 0.464 e. The van der Waals surface area contributed by atoms with E-state index in [0.29, 0.717) is 30.4 Å². The Hall–Kier alpha value is -2.76. The van der Waals surface area contributed by atoms with Crippen molar-refractivity contribution in [2.24, 2.45) is 10.9 Å². The molecule has 2 aromatic rings. The highest BCUT2D eigenvalue weighted by Gasteiger charge is 2.24. The van der Waals surface area contributed by atoms with Gasteiger partial charge in [-0.1, -0.05) is 6.08 Å². The number of nitrogens with one attached hydrogen (secondary N) is 1. The normalized spacial score (nSPS) is 20.0. The third-order valence-electron chi connectivity index (χ3n) is 4.36. The molecule has 4 rings (SSSR count). The molecule has 6 heteroatoms. The summed E-state index contributed by atoms with van der Waals surface area (Å²) in [5.74, 6) is -0.126. The zero-order valence-electron chi connectivity index (χ0n) is 13.5. The fourth-order valence-corrected chi connectivity index (χ4v) is 3.03. The molecule has 3 heterocycles. The van der Waals surface area contributed by atoms with Crippen molar-refractivity contribution in [1.82, 2.24) is 15.0 Å². The van der Waals surface area contributed by atoms with Gasteiger partial charge in [0, 0.05) is 41.9 Å². The standard InChI is InChI=1S/C18H17FN4O/c1-3-24-18-22-9-14-13(8-21-17(14)23-18)12-4-11-6-16(15(19)5-12)20-7-10(11)2/h4-5,7-9,11H,3,6H2,1-2H3,(H,21,22,23). The number of allylic oxidation sites excluding steroid dienone is 5. The molecule has 1 aliphatic heterocycles. The Kier molecular flexibility index (Phi) is 3.52. The molecule has 2 aromatic heterocycles. The Morgan fingerprint density at radius 2 is 2.29 bits per heavy atom. The molecule has 0 saturated carbocycles. The number of ether oxygens (including phenoxy) is 1. The average molecular weight is 324 g/mol. The number of halogens is 1. The molecule has 2 aliphatic rings. The molecule has 0 radical (unpaired) electrons. The smallest absolute Gasteiger partial charge is 0.318 e. The summed E-state index contributed by atoms with van der Waals surface area (Å²) in [6, 6.07) is 0.332. The quantitative estimate of drug-likeness (QED) is 0.929. The first-order valence-electron chi connectivity index (χ1n) is 7.95. The highest BCUT2D eigenvalue weighted by atomic mass is 19.1. The van der Waals surface area contributed by atoms with E-state index in [9.17, 15) is 4.39 Å². The van der Waals surface area contributed by atoms with Crippen molar-refractivity contribution >= 4 is 22.3 Å². The summed E-state index contributed by atoms with van der Waals surface area (Å²) in [5.41, 5.74) is 4.01. The highest BCUT2D eigenvalue weighted by Crippen LogP contribution is 2.35. The number of aromatic amines is 1. The van der Waals surface area contributed by atoms with Crippen LogP contribution in [0.5, 0.6) is 6.01 Å². The minimum Gasteiger partial charge on any atom is -0.464 e. The summed E-state index contributed by atoms with van der Waals surface area (Å²) in [6.07, 6.45) is 9.53. The van der Waals surface area contributed by atoms with Crippen LogP contribution in [0.2, 0.25) is 0 Å². The Labute approximate surface area is 138 Å². The minimum atomic E-state index is -0.284. The van der Waals surface area contributed by atoms with Gasteiger partial charge in [-0.05, 0) is 31.1 Å². The SMILES string of the molecule is CCOc1ncc2c(C3=CC4CC(=NC=C4C)C(F)=C3)c[nH]c2n1. The Morgan fingerprint density at radius 1 is 1.42 bits per heavy atom. The summed E-state index contributed by atoms with van der Waals surface area (Å²) in [7, 11) is 0. The zero-order chi connectivity index (χ0) is 16.7. The fourth-order valence-electron chi connectivity index (χ4n) is 3.03. The van der Waals surface area contributed by atoms with Crippen LogP contribution in [-0.2, 0) is 0 Å². The molecule has 0 spiro atoms. The van der Waals surface area contributed by atoms with Gasteiger partial charge in [-0.3, -0.25) is 4.99 Å². The Bertz CT molecular complexity index is 936. The Morgan fingerprint density at radius 3 is 3.12 bits per heavy atom. The lowest BCUT2D eigenvalue weighted by molar-refractivity contribution is 0.314. The minimum absolute atomic E-state index is 0.158. The van der Waals surface area contributed by atoms with E-state index in [-0.39, 0.29) is 11.7 Å². The van der Waals surface area contributed by atoms with Crippen molar-refractivity contribution in [3.63, 3.8) is 0 Å². The molecule has 1 unspecified atom stereocenters. The summed E-state index contributed by atoms with van der Waals surface area (Å²) >= 11 is 0. The summed E-state index contributed by atoms with van der Waals surface area (Å²) in [5, 5.41) is 0.841. The van der Waals surface area contributed by atoms with Crippen LogP contribution in [0.15, 0.2) is 47.1 Å². The van der Waals surface area contributed by atoms with E-state index < -0.39 is 0 Å². The zero-order valence-corrected chi connectivity index (χ0v) is 13.5. The first-order chi connectivity index (χ1) is 11.7. The van der Waals surface area contributed by atoms with E-state index in [1.165, 1.54) is 0 Å². The Balaban J connectivity index is 1.82. The average Bonchev–Trinajstić information content (AvgIpc) is 2.93. The molecule has 0 aromatic carbocycles. The lowest BCUT2D eigenvalue weighted by Crippen LogP contribution is -2.10. The molecule has 1 atom stereocenters. The molecule has 0 fully saturated rings. The van der Waals surface area contributed by atoms with E-state index in [1.54, 1.807) is 18.5 Å². The van der Waals surface area contributed by atoms with Crippen LogP contribution >= 0.6 is 0 Å². The molecular weight excluding hydrogens is 307 g/mol. The second-order valence-electron chi connectivity index (χ2n) is 5.92. The van der Waals surface area contributed by atoms with Gasteiger partial charge in [0.05, 0.1) is 12.3 Å². The predicted molar refractivity (Wildman–Crippen MR) is 91.5 cm³/mol. The van der Waals surface area contributed by atoms with E-state index in [1.807, 2.05) is 20.0 Å². The number of hydrogen-bond acceptors (Lipinski definition) is 4. The number of fused-ring (bicyclic) bond motifs is 3. The number of nitrogens with zero attached hydrogens (tertiary/aromatic N) is 3. The number of H-pyrrole nitrogens is 1. The van der Waals surface area contributed by atoms with Gasteiger partial charge in [-0.15, -0.1) is 0 Å². The predicted octanol–water partition coefficient (Wildman–Crippen LogP) is 3.97. The fraction of sp³-hybridized carbons (Fsp3) is 0.278. The van der Waals surface area contributed by atoms with Crippen molar-refractivity contribution in [3.05, 3.63) is 47.7 Å². The van der Waals surface area contributed by atoms with Crippen LogP contribution in [0, 0.1) is 5.92 Å². The summed E-state index contributed by atoms with van der Waals surface area (Å²) < 4.78 is 19.8. The van der Waals surface area contributed by atoms with Crippen molar-refractivity contribution in [2.75, 3.05) is 6.61 Å². The second kappa shape index (κ2) is 5.70. The van der Waals surface area contributed by atoms with Gasteiger partial charge in [0.15, 0.2) is 0 Å². The van der Waals surface area contributed by atoms with Crippen LogP contribution in [0.25, 0.3) is 16.6 Å². The van der Waals surface area contributed by atoms with Gasteiger partial charge >= 0.3 is 6.01 Å². The van der Waals surface area contributed by atoms with Gasteiger partial charge in [0.25, 0.3) is 0 Å². The lowest BCUT2D eigenvalue weighted by atomic mass is 9.91. The molecule has 0 amide bonds. The maximum absolute atomic E-state index is 14.4. The van der Waals surface area contributed by atoms with Crippen LogP contribution in [0.1, 0.15) is 25.8 Å². The third-order valence-corrected chi connectivity index (χ3v) is 4.36. The second-order valence-corrected chi connectivity index (χ2v) is 5.92. The summed E-state index contributed by atoms with van der Waals surface area (Å²) in [4.78, 5) is 15.9. The van der Waals surface area contributed by atoms with Crippen LogP contribution in [0.4, 0.5) is 4.39 Å². The first-order valence-corrected chi connectivity index (χ1v) is 7.95. The molecule has 1 N–H and O–H groups in total. The number of rotatable bonds is 3. The number of aromatic nitrogens is 3. The maximum atomic E-state index is 14.4. The molecule has 1 aliphatic carbocycles. The molecule has 5 nitrogen and oxygen atoms in total. The van der Waals surface area contributed by atoms with Crippen LogP contribution in [0.3, 0.4) is 0 Å². The molecule has 24 heavy (non-hydrogen) atoms. The topological polar surface area (TPSA) is 63.2 Å². The van der Waals surface area contributed by atoms with Gasteiger partial charge < -0.3 is 9.72 Å². The highest BCUT2D eigenvalue weighted by molar-refractivity contribution is 6.04. The monoisotopic (exact) mass is 324 g/mol. The van der Waals surface area contributed by atoms with Gasteiger partial charge in [0.2, 0.25) is 0 Å². The number of aliphatic imine (C=N–C) groups is 1. The molecule has 122 valence electrons. The van der Waals surface area contributed by atoms with Crippen molar-refractivity contribution in [3.8, 4) is 6.01 Å². The number of hydrogen-bond donors (Lipinski definition) is 1. The van der Waals surface area contributed by atoms with Crippen LogP contribution in [-0.4, -0.2) is 27.3 Å². The van der Waals surface area contributed by atoms with Crippen molar-refractivity contribution in [2.45, 2.75) is 20.3 Å². The van der Waals surface area contributed by atoms with Crippen LogP contribution < -0.4 is 4.74 Å². The lowest BCUT2D eigenvalue weighted by Gasteiger charge is -2.16. The van der Waals surface area contributed by atoms with E-state index in [0.717, 1.165) is 22.1 Å². The summed E-state index contributed by atoms with van der Waals surface area (Å²) in [6.45, 7) is 4.41. The molecule has 0 saturated heterocycles. The first kappa shape index (κ1) is 14.8. The van der Waals surface area contributed by atoms with Gasteiger partial charge in [0.1, 0.15) is 11.5 Å². The van der Waals surface area contributed by atoms with Crippen molar-refractivity contribution < 1.29 is 9.13 Å². The molecular formula is C18H17FN4O. The van der Waals surface area contributed by atoms with E-state index in [4.69, 9.17) is 4.74 Å². The van der Waals surface area contributed by atoms with Crippen molar-refractivity contribution in [1.29, 1.82) is 0 Å².